The van der Waals surface area contributed by atoms with Gasteiger partial charge in [-0.25, -0.2) is 0 Å². The van der Waals surface area contributed by atoms with E-state index in [0.717, 1.165) is 184 Å². The Labute approximate surface area is 604 Å². The normalized spacial score (nSPS) is 12.4. The van der Waals surface area contributed by atoms with Crippen LogP contribution in [0.25, 0.3) is 198 Å². The Morgan fingerprint density at radius 1 is 0.274 bits per heavy atom. The van der Waals surface area contributed by atoms with Crippen molar-refractivity contribution in [1.82, 2.24) is 18.3 Å². The second kappa shape index (κ2) is 22.7. The van der Waals surface area contributed by atoms with Gasteiger partial charge < -0.3 is 31.5 Å². The van der Waals surface area contributed by atoms with Crippen molar-refractivity contribution in [2.45, 2.75) is 19.3 Å². The highest BCUT2D eigenvalue weighted by atomic mass is 16.3. The van der Waals surface area contributed by atoms with Gasteiger partial charge in [-0.05, 0) is 192 Å². The zero-order chi connectivity index (χ0) is 70.0. The van der Waals surface area contributed by atoms with Crippen LogP contribution in [-0.2, 0) is 12.8 Å². The van der Waals surface area contributed by atoms with Gasteiger partial charge in [0.25, 0.3) is 0 Å². The SMILES string of the molecule is N#Cc1cc(-c2ccc(-n3c4ccccc4c4c5c(ccc43)oc3ccccc35)c(C#N)c2)cc(-n2c3ccccc3c3c4oc5ccccc5c4ccc32)c1.N#Cc1cc(-c2ccc(-n3c4ccccc4c4c5oc6ccccc6c5ccc43)cc2)cc(-n2c3ccccc3c3ccc4c(c32)CCC4)c1. The average molecular weight is 1350 g/mol. The Kier molecular flexibility index (Phi) is 12.6. The maximum Gasteiger partial charge on any atom is 0.145 e. The van der Waals surface area contributed by atoms with Crippen LogP contribution < -0.4 is 0 Å². The lowest BCUT2D eigenvalue weighted by atomic mass is 9.99. The molecule has 0 saturated heterocycles. The van der Waals surface area contributed by atoms with Gasteiger partial charge in [-0.15, -0.1) is 0 Å². The summed E-state index contributed by atoms with van der Waals surface area (Å²) >= 11 is 0. The summed E-state index contributed by atoms with van der Waals surface area (Å²) in [7, 11) is 0. The molecule has 0 saturated carbocycles. The molecule has 0 spiro atoms. The third-order valence-corrected chi connectivity index (χ3v) is 22.2. The van der Waals surface area contributed by atoms with Crippen LogP contribution in [0.3, 0.4) is 0 Å². The molecule has 7 aromatic heterocycles. The molecule has 0 aliphatic heterocycles. The minimum Gasteiger partial charge on any atom is -0.456 e. The van der Waals surface area contributed by atoms with Crippen molar-refractivity contribution in [3.63, 3.8) is 0 Å². The van der Waals surface area contributed by atoms with E-state index in [4.69, 9.17) is 13.3 Å². The fourth-order valence-corrected chi connectivity index (χ4v) is 17.7. The van der Waals surface area contributed by atoms with Crippen LogP contribution in [0.2, 0.25) is 0 Å². The number of fused-ring (bicyclic) bond motifs is 26. The van der Waals surface area contributed by atoms with Crippen LogP contribution in [-0.4, -0.2) is 18.3 Å². The summed E-state index contributed by atoms with van der Waals surface area (Å²) in [4.78, 5) is 0. The molecule has 0 N–H and O–H groups in total. The van der Waals surface area contributed by atoms with Crippen LogP contribution in [0.5, 0.6) is 0 Å². The molecule has 7 heterocycles. The molecule has 0 bridgehead atoms. The fraction of sp³-hybridized carbons (Fsp3) is 0.0312. The largest absolute Gasteiger partial charge is 0.456 e. The number of para-hydroxylation sites is 7. The van der Waals surface area contributed by atoms with E-state index >= 15 is 0 Å². The van der Waals surface area contributed by atoms with Gasteiger partial charge in [0.2, 0.25) is 0 Å². The summed E-state index contributed by atoms with van der Waals surface area (Å²) in [5.74, 6) is 0. The summed E-state index contributed by atoms with van der Waals surface area (Å²) < 4.78 is 28.4. The van der Waals surface area contributed by atoms with Crippen LogP contribution in [0.4, 0.5) is 0 Å². The highest BCUT2D eigenvalue weighted by Crippen LogP contribution is 2.47. The van der Waals surface area contributed by atoms with Crippen molar-refractivity contribution in [2.24, 2.45) is 0 Å². The van der Waals surface area contributed by atoms with E-state index < -0.39 is 0 Å². The number of aryl methyl sites for hydroxylation is 2. The van der Waals surface area contributed by atoms with E-state index in [-0.39, 0.29) is 0 Å². The first kappa shape index (κ1) is 59.1. The van der Waals surface area contributed by atoms with Crippen LogP contribution in [0.1, 0.15) is 34.2 Å². The van der Waals surface area contributed by atoms with E-state index in [0.29, 0.717) is 16.7 Å². The van der Waals surface area contributed by atoms with Crippen molar-refractivity contribution in [3.8, 4) is 63.2 Å². The van der Waals surface area contributed by atoms with E-state index in [1.807, 2.05) is 115 Å². The molecule has 15 aromatic carbocycles. The van der Waals surface area contributed by atoms with Crippen molar-refractivity contribution in [2.75, 3.05) is 0 Å². The summed E-state index contributed by atoms with van der Waals surface area (Å²) in [6.45, 7) is 0. The zero-order valence-electron chi connectivity index (χ0n) is 56.8. The van der Waals surface area contributed by atoms with Crippen molar-refractivity contribution < 1.29 is 13.3 Å². The number of hydrogen-bond acceptors (Lipinski definition) is 6. The lowest BCUT2D eigenvalue weighted by molar-refractivity contribution is 0.669. The molecule has 1 aliphatic rings. The van der Waals surface area contributed by atoms with Crippen LogP contribution in [0, 0.1) is 34.0 Å². The Hall–Kier alpha value is -14.6. The maximum atomic E-state index is 10.8. The molecule has 23 rings (SSSR count). The van der Waals surface area contributed by atoms with E-state index in [1.165, 1.54) is 44.7 Å². The molecule has 0 fully saturated rings. The molecular formula is C96H55N7O3. The molecule has 106 heavy (non-hydrogen) atoms. The first-order chi connectivity index (χ1) is 52.4. The lowest BCUT2D eigenvalue weighted by Gasteiger charge is -2.14. The van der Waals surface area contributed by atoms with Crippen LogP contribution >= 0.6 is 0 Å². The number of nitrogens with zero attached hydrogens (tertiary/aromatic N) is 7. The lowest BCUT2D eigenvalue weighted by Crippen LogP contribution is -1.99. The van der Waals surface area contributed by atoms with Gasteiger partial charge in [-0.1, -0.05) is 158 Å². The Morgan fingerprint density at radius 2 is 0.745 bits per heavy atom. The predicted octanol–water partition coefficient (Wildman–Crippen LogP) is 24.9. The van der Waals surface area contributed by atoms with Gasteiger partial charge in [-0.3, -0.25) is 0 Å². The number of benzene rings is 15. The van der Waals surface area contributed by atoms with E-state index in [9.17, 15) is 15.8 Å². The van der Waals surface area contributed by atoms with Crippen molar-refractivity contribution in [3.05, 3.63) is 325 Å². The summed E-state index contributed by atoms with van der Waals surface area (Å²) in [5, 5.41) is 47.0. The molecular weight excluding hydrogens is 1300 g/mol. The average Bonchev–Trinajstić information content (AvgIpc) is 1.58. The van der Waals surface area contributed by atoms with Crippen molar-refractivity contribution in [1.29, 1.82) is 15.8 Å². The Balaban J connectivity index is 0.000000133. The topological polar surface area (TPSA) is 131 Å². The first-order valence-electron chi connectivity index (χ1n) is 35.7. The van der Waals surface area contributed by atoms with Gasteiger partial charge in [0, 0.05) is 81.7 Å². The van der Waals surface area contributed by atoms with Gasteiger partial charge in [0.05, 0.1) is 89.4 Å². The summed E-state index contributed by atoms with van der Waals surface area (Å²) in [5.41, 5.74) is 26.0. The second-order valence-corrected chi connectivity index (χ2v) is 27.8. The quantitative estimate of drug-likeness (QED) is 0.163. The number of rotatable bonds is 6. The molecule has 22 aromatic rings. The highest BCUT2D eigenvalue weighted by Gasteiger charge is 2.26. The number of aromatic nitrogens is 4. The maximum absolute atomic E-state index is 10.8. The number of hydrogen-bond donors (Lipinski definition) is 0. The van der Waals surface area contributed by atoms with Gasteiger partial charge >= 0.3 is 0 Å². The van der Waals surface area contributed by atoms with Crippen molar-refractivity contribution >= 4 is 153 Å². The van der Waals surface area contributed by atoms with E-state index in [1.54, 1.807) is 0 Å². The Bertz CT molecular complexity index is 7730. The van der Waals surface area contributed by atoms with Gasteiger partial charge in [0.1, 0.15) is 39.6 Å². The second-order valence-electron chi connectivity index (χ2n) is 27.8. The number of nitriles is 3. The highest BCUT2D eigenvalue weighted by molar-refractivity contribution is 6.28. The Morgan fingerprint density at radius 3 is 1.35 bits per heavy atom. The monoisotopic (exact) mass is 1350 g/mol. The minimum absolute atomic E-state index is 0.523. The third-order valence-electron chi connectivity index (χ3n) is 22.2. The molecule has 10 nitrogen and oxygen atoms in total. The number of furan rings is 3. The molecule has 1 aliphatic carbocycles. The fourth-order valence-electron chi connectivity index (χ4n) is 17.7. The summed E-state index contributed by atoms with van der Waals surface area (Å²) in [6.07, 6.45) is 3.39. The van der Waals surface area contributed by atoms with Gasteiger partial charge in [0.15, 0.2) is 0 Å². The van der Waals surface area contributed by atoms with Gasteiger partial charge in [-0.2, -0.15) is 15.8 Å². The smallest absolute Gasteiger partial charge is 0.145 e. The minimum atomic E-state index is 0.523. The van der Waals surface area contributed by atoms with E-state index in [2.05, 4.69) is 218 Å². The molecule has 492 valence electrons. The molecule has 0 radical (unpaired) electrons. The molecule has 10 heteroatoms. The zero-order valence-corrected chi connectivity index (χ0v) is 56.8. The third kappa shape index (κ3) is 8.57. The van der Waals surface area contributed by atoms with Crippen LogP contribution in [0.15, 0.2) is 311 Å². The molecule has 0 unspecified atom stereocenters. The summed E-state index contributed by atoms with van der Waals surface area (Å²) in [6, 6.07) is 110. The standard InChI is InChI=1S/C50H26N4O2.C46H29N3O/c51-27-29-23-31(26-33(24-29)53-40-13-5-2-11-37(40)48-43(53)20-18-35-34-9-3-7-15-44(34)56-50(35)48)30-17-19-39(32(25-30)28-52)54-41-14-6-1-10-36(41)47-42(54)21-22-46-49(47)38-12-4-8-16-45(38)55-46;47-27-28-24-31(26-33(25-28)49-40-13-4-1-9-35(40)37-21-18-30-8-7-12-34(30)45(37)49)29-16-19-32(20-17-29)48-41-14-5-2-11-39(41)44-42(48)23-22-38-36-10-3-6-15-43(36)50-46(38)44/h1-26H;1-6,9-11,13-26H,7-8,12H2. The molecule has 0 atom stereocenters. The predicted molar refractivity (Wildman–Crippen MR) is 429 cm³/mol. The first-order valence-corrected chi connectivity index (χ1v) is 35.7. The molecule has 0 amide bonds.